The van der Waals surface area contributed by atoms with Crippen LogP contribution in [0, 0.1) is 0 Å². The lowest BCUT2D eigenvalue weighted by molar-refractivity contribution is -0.120. The Morgan fingerprint density at radius 3 is 2.30 bits per heavy atom. The minimum Gasteiger partial charge on any atom is -0.488 e. The SMILES string of the molecule is CCc1ccc(CC(=O)N/N=C/c2ccc(OCc3ccc(Br)cc3)c(Br)c2)cc1. The van der Waals surface area contributed by atoms with Crippen LogP contribution in [0.15, 0.2) is 80.8 Å². The third-order valence-electron chi connectivity index (χ3n) is 4.46. The summed E-state index contributed by atoms with van der Waals surface area (Å²) in [5.74, 6) is 0.596. The molecule has 0 aliphatic heterocycles. The molecule has 3 rings (SSSR count). The second-order valence-corrected chi connectivity index (χ2v) is 8.52. The summed E-state index contributed by atoms with van der Waals surface area (Å²) in [7, 11) is 0. The molecule has 4 nitrogen and oxygen atoms in total. The quantitative estimate of drug-likeness (QED) is 0.285. The number of halogens is 2. The van der Waals surface area contributed by atoms with Crippen LogP contribution in [0.1, 0.15) is 29.2 Å². The molecule has 0 atom stereocenters. The van der Waals surface area contributed by atoms with Crippen LogP contribution >= 0.6 is 31.9 Å². The summed E-state index contributed by atoms with van der Waals surface area (Å²) < 4.78 is 7.73. The largest absolute Gasteiger partial charge is 0.488 e. The van der Waals surface area contributed by atoms with Crippen LogP contribution < -0.4 is 10.2 Å². The topological polar surface area (TPSA) is 50.7 Å². The maximum absolute atomic E-state index is 12.1. The van der Waals surface area contributed by atoms with Gasteiger partial charge in [0, 0.05) is 4.47 Å². The summed E-state index contributed by atoms with van der Waals surface area (Å²) in [6.45, 7) is 2.59. The molecule has 0 saturated heterocycles. The molecule has 0 aliphatic rings. The highest BCUT2D eigenvalue weighted by Crippen LogP contribution is 2.26. The average Bonchev–Trinajstić information content (AvgIpc) is 2.75. The number of nitrogens with zero attached hydrogens (tertiary/aromatic N) is 1. The molecule has 6 heteroatoms. The predicted molar refractivity (Wildman–Crippen MR) is 128 cm³/mol. The fourth-order valence-corrected chi connectivity index (χ4v) is 3.53. The van der Waals surface area contributed by atoms with E-state index in [1.165, 1.54) is 5.56 Å². The van der Waals surface area contributed by atoms with E-state index in [0.717, 1.165) is 37.8 Å². The third kappa shape index (κ3) is 6.82. The average molecular weight is 530 g/mol. The Kier molecular flexibility index (Phi) is 8.22. The summed E-state index contributed by atoms with van der Waals surface area (Å²) in [5.41, 5.74) is 6.74. The summed E-state index contributed by atoms with van der Waals surface area (Å²) >= 11 is 6.95. The van der Waals surface area contributed by atoms with Crippen LogP contribution in [-0.2, 0) is 24.2 Å². The van der Waals surface area contributed by atoms with Gasteiger partial charge in [0.25, 0.3) is 0 Å². The summed E-state index contributed by atoms with van der Waals surface area (Å²) in [5, 5.41) is 4.05. The van der Waals surface area contributed by atoms with Gasteiger partial charge in [-0.25, -0.2) is 5.43 Å². The maximum Gasteiger partial charge on any atom is 0.244 e. The van der Waals surface area contributed by atoms with Crippen molar-refractivity contribution >= 4 is 44.0 Å². The van der Waals surface area contributed by atoms with Gasteiger partial charge >= 0.3 is 0 Å². The Labute approximate surface area is 193 Å². The highest BCUT2D eigenvalue weighted by Gasteiger charge is 2.04. The van der Waals surface area contributed by atoms with E-state index in [1.807, 2.05) is 66.7 Å². The van der Waals surface area contributed by atoms with Crippen molar-refractivity contribution in [2.24, 2.45) is 5.10 Å². The van der Waals surface area contributed by atoms with E-state index in [4.69, 9.17) is 4.74 Å². The number of benzene rings is 3. The van der Waals surface area contributed by atoms with E-state index < -0.39 is 0 Å². The number of hydrazone groups is 1. The van der Waals surface area contributed by atoms with Gasteiger partial charge in [0.05, 0.1) is 17.1 Å². The molecule has 3 aromatic rings. The number of hydrogen-bond acceptors (Lipinski definition) is 3. The van der Waals surface area contributed by atoms with E-state index in [2.05, 4.69) is 49.3 Å². The number of amides is 1. The van der Waals surface area contributed by atoms with Crippen molar-refractivity contribution in [3.8, 4) is 5.75 Å². The number of carbonyl (C=O) groups is 1. The van der Waals surface area contributed by atoms with Gasteiger partial charge < -0.3 is 4.74 Å². The number of carbonyl (C=O) groups excluding carboxylic acids is 1. The Bertz CT molecular complexity index is 1020. The number of aryl methyl sites for hydroxylation is 1. The van der Waals surface area contributed by atoms with E-state index >= 15 is 0 Å². The van der Waals surface area contributed by atoms with Crippen molar-refractivity contribution < 1.29 is 9.53 Å². The second-order valence-electron chi connectivity index (χ2n) is 6.75. The maximum atomic E-state index is 12.1. The first kappa shape index (κ1) is 22.2. The summed E-state index contributed by atoms with van der Waals surface area (Å²) in [4.78, 5) is 12.1. The first-order valence-corrected chi connectivity index (χ1v) is 11.2. The van der Waals surface area contributed by atoms with E-state index in [-0.39, 0.29) is 5.91 Å². The predicted octanol–water partition coefficient (Wildman–Crippen LogP) is 6.05. The van der Waals surface area contributed by atoms with E-state index in [0.29, 0.717) is 13.0 Å². The third-order valence-corrected chi connectivity index (χ3v) is 5.61. The van der Waals surface area contributed by atoms with Crippen molar-refractivity contribution in [1.82, 2.24) is 5.43 Å². The molecule has 3 aromatic carbocycles. The number of hydrogen-bond donors (Lipinski definition) is 1. The van der Waals surface area contributed by atoms with Crippen molar-refractivity contribution in [3.63, 3.8) is 0 Å². The van der Waals surface area contributed by atoms with Crippen molar-refractivity contribution in [1.29, 1.82) is 0 Å². The van der Waals surface area contributed by atoms with Gasteiger partial charge in [0.2, 0.25) is 5.91 Å². The number of ether oxygens (including phenoxy) is 1. The fraction of sp³-hybridized carbons (Fsp3) is 0.167. The highest BCUT2D eigenvalue weighted by molar-refractivity contribution is 9.10. The highest BCUT2D eigenvalue weighted by atomic mass is 79.9. The molecule has 0 saturated carbocycles. The van der Waals surface area contributed by atoms with Crippen molar-refractivity contribution in [2.75, 3.05) is 0 Å². The Balaban J connectivity index is 1.50. The first-order chi connectivity index (χ1) is 14.5. The van der Waals surface area contributed by atoms with Gasteiger partial charge in [-0.2, -0.15) is 5.10 Å². The molecule has 0 bridgehead atoms. The van der Waals surface area contributed by atoms with Gasteiger partial charge in [0.1, 0.15) is 12.4 Å². The lowest BCUT2D eigenvalue weighted by Gasteiger charge is -2.09. The lowest BCUT2D eigenvalue weighted by atomic mass is 10.1. The van der Waals surface area contributed by atoms with E-state index in [1.54, 1.807) is 6.21 Å². The molecule has 0 aliphatic carbocycles. The Morgan fingerprint density at radius 2 is 1.63 bits per heavy atom. The van der Waals surface area contributed by atoms with Gasteiger partial charge in [-0.05, 0) is 74.9 Å². The van der Waals surface area contributed by atoms with E-state index in [9.17, 15) is 4.79 Å². The molecule has 0 aromatic heterocycles. The Hall–Kier alpha value is -2.44. The van der Waals surface area contributed by atoms with Crippen LogP contribution in [-0.4, -0.2) is 12.1 Å². The molecule has 1 N–H and O–H groups in total. The Morgan fingerprint density at radius 1 is 0.967 bits per heavy atom. The molecule has 154 valence electrons. The molecular weight excluding hydrogens is 508 g/mol. The molecule has 0 heterocycles. The van der Waals surface area contributed by atoms with Crippen LogP contribution in [0.5, 0.6) is 5.75 Å². The zero-order valence-corrected chi connectivity index (χ0v) is 19.7. The minimum atomic E-state index is -0.149. The molecule has 0 fully saturated rings. The number of rotatable bonds is 8. The minimum absolute atomic E-state index is 0.149. The molecular formula is C24H22Br2N2O2. The molecule has 0 unspecified atom stereocenters. The first-order valence-electron chi connectivity index (χ1n) is 9.60. The summed E-state index contributed by atoms with van der Waals surface area (Å²) in [6, 6.07) is 21.7. The standard InChI is InChI=1S/C24H22Br2N2O2/c1-2-17-3-5-18(6-4-17)14-24(29)28-27-15-20-9-12-23(22(26)13-20)30-16-19-7-10-21(25)11-8-19/h3-13,15H,2,14,16H2,1H3,(H,28,29)/b27-15+. The lowest BCUT2D eigenvalue weighted by Crippen LogP contribution is -2.19. The van der Waals surface area contributed by atoms with Crippen molar-refractivity contribution in [2.45, 2.75) is 26.4 Å². The number of nitrogens with one attached hydrogen (secondary N) is 1. The zero-order chi connectivity index (χ0) is 21.3. The second kappa shape index (κ2) is 11.1. The van der Waals surface area contributed by atoms with Gasteiger partial charge in [0.15, 0.2) is 0 Å². The van der Waals surface area contributed by atoms with Crippen LogP contribution in [0.3, 0.4) is 0 Å². The summed E-state index contributed by atoms with van der Waals surface area (Å²) in [6.07, 6.45) is 2.90. The molecule has 30 heavy (non-hydrogen) atoms. The van der Waals surface area contributed by atoms with Gasteiger partial charge in [-0.3, -0.25) is 4.79 Å². The molecule has 0 spiro atoms. The van der Waals surface area contributed by atoms with Gasteiger partial charge in [-0.1, -0.05) is 59.3 Å². The normalized spacial score (nSPS) is 10.9. The monoisotopic (exact) mass is 528 g/mol. The zero-order valence-electron chi connectivity index (χ0n) is 16.6. The molecule has 1 amide bonds. The van der Waals surface area contributed by atoms with Crippen LogP contribution in [0.4, 0.5) is 0 Å². The fourth-order valence-electron chi connectivity index (χ4n) is 2.75. The molecule has 0 radical (unpaired) electrons. The van der Waals surface area contributed by atoms with Crippen molar-refractivity contribution in [3.05, 3.63) is 97.9 Å². The van der Waals surface area contributed by atoms with Crippen LogP contribution in [0.2, 0.25) is 0 Å². The van der Waals surface area contributed by atoms with Crippen LogP contribution in [0.25, 0.3) is 0 Å². The smallest absolute Gasteiger partial charge is 0.244 e. The van der Waals surface area contributed by atoms with Gasteiger partial charge in [-0.15, -0.1) is 0 Å².